The molecule has 1 saturated heterocycles. The van der Waals surface area contributed by atoms with Crippen LogP contribution < -0.4 is 31.8 Å². The van der Waals surface area contributed by atoms with Gasteiger partial charge in [-0.2, -0.15) is 5.53 Å². The highest BCUT2D eigenvalue weighted by Gasteiger charge is 2.32. The number of amides is 1. The van der Waals surface area contributed by atoms with E-state index in [0.717, 1.165) is 11.4 Å². The van der Waals surface area contributed by atoms with E-state index >= 15 is 0 Å². The molecular formula is C17H20ClN5O2. The van der Waals surface area contributed by atoms with Gasteiger partial charge in [0.1, 0.15) is 18.0 Å². The second-order valence-corrected chi connectivity index (χ2v) is 5.90. The average molecular weight is 362 g/mol. The number of halogens is 1. The molecule has 0 bridgehead atoms. The van der Waals surface area contributed by atoms with Gasteiger partial charge in [-0.05, 0) is 55.5 Å². The van der Waals surface area contributed by atoms with Gasteiger partial charge in [0.05, 0.1) is 6.61 Å². The van der Waals surface area contributed by atoms with Gasteiger partial charge < -0.3 is 15.4 Å². The second-order valence-electron chi connectivity index (χ2n) is 5.47. The first-order valence-electron chi connectivity index (χ1n) is 7.97. The second kappa shape index (κ2) is 8.17. The molecule has 0 radical (unpaired) electrons. The lowest BCUT2D eigenvalue weighted by Gasteiger charge is -2.20. The molecule has 5 N–H and O–H groups in total. The minimum Gasteiger partial charge on any atom is -0.494 e. The number of hydrogen-bond acceptors (Lipinski definition) is 6. The number of rotatable bonds is 6. The topological polar surface area (TPSA) is 86.5 Å². The van der Waals surface area contributed by atoms with Crippen LogP contribution in [-0.2, 0) is 4.79 Å². The molecule has 1 heterocycles. The van der Waals surface area contributed by atoms with Crippen molar-refractivity contribution in [2.24, 2.45) is 0 Å². The molecule has 2 aromatic rings. The van der Waals surface area contributed by atoms with Crippen molar-refractivity contribution >= 4 is 28.9 Å². The molecule has 2 atom stereocenters. The first kappa shape index (κ1) is 17.5. The van der Waals surface area contributed by atoms with Crippen LogP contribution in [0.5, 0.6) is 5.75 Å². The third kappa shape index (κ3) is 4.61. The SMILES string of the molecule is CCOc1ccc(NC(=O)C2NNNC2Nc2ccc(Cl)cc2)cc1. The Morgan fingerprint density at radius 3 is 2.44 bits per heavy atom. The molecule has 1 amide bonds. The molecule has 1 aliphatic heterocycles. The van der Waals surface area contributed by atoms with Crippen molar-refractivity contribution in [3.05, 3.63) is 53.6 Å². The predicted molar refractivity (Wildman–Crippen MR) is 98.3 cm³/mol. The smallest absolute Gasteiger partial charge is 0.246 e. The van der Waals surface area contributed by atoms with Crippen LogP contribution in [0.2, 0.25) is 5.02 Å². The summed E-state index contributed by atoms with van der Waals surface area (Å²) in [7, 11) is 0. The highest BCUT2D eigenvalue weighted by atomic mass is 35.5. The molecule has 0 spiro atoms. The maximum atomic E-state index is 12.5. The Hall–Kier alpha value is -2.32. The van der Waals surface area contributed by atoms with Crippen LogP contribution in [0, 0.1) is 0 Å². The van der Waals surface area contributed by atoms with E-state index in [2.05, 4.69) is 27.0 Å². The van der Waals surface area contributed by atoms with Crippen molar-refractivity contribution in [3.63, 3.8) is 0 Å². The number of ether oxygens (including phenoxy) is 1. The highest BCUT2D eigenvalue weighted by Crippen LogP contribution is 2.17. The summed E-state index contributed by atoms with van der Waals surface area (Å²) in [5.41, 5.74) is 10.2. The third-order valence-corrected chi connectivity index (χ3v) is 3.92. The maximum absolute atomic E-state index is 12.5. The summed E-state index contributed by atoms with van der Waals surface area (Å²) < 4.78 is 5.39. The van der Waals surface area contributed by atoms with Gasteiger partial charge in [-0.25, -0.2) is 10.9 Å². The van der Waals surface area contributed by atoms with Crippen molar-refractivity contribution < 1.29 is 9.53 Å². The summed E-state index contributed by atoms with van der Waals surface area (Å²) in [6.45, 7) is 2.53. The molecule has 8 heteroatoms. The Kier molecular flexibility index (Phi) is 5.72. The van der Waals surface area contributed by atoms with E-state index in [0.29, 0.717) is 17.3 Å². The van der Waals surface area contributed by atoms with E-state index in [-0.39, 0.29) is 12.1 Å². The van der Waals surface area contributed by atoms with Gasteiger partial charge in [-0.3, -0.25) is 4.79 Å². The van der Waals surface area contributed by atoms with Gasteiger partial charge >= 0.3 is 0 Å². The normalized spacial score (nSPS) is 19.4. The number of nitrogens with one attached hydrogen (secondary N) is 5. The minimum absolute atomic E-state index is 0.173. The van der Waals surface area contributed by atoms with Crippen LogP contribution in [-0.4, -0.2) is 24.7 Å². The fourth-order valence-corrected chi connectivity index (χ4v) is 2.57. The molecule has 2 aromatic carbocycles. The highest BCUT2D eigenvalue weighted by molar-refractivity contribution is 6.30. The molecule has 2 unspecified atom stereocenters. The van der Waals surface area contributed by atoms with Crippen LogP contribution in [0.1, 0.15) is 6.92 Å². The Balaban J connectivity index is 1.61. The zero-order valence-electron chi connectivity index (χ0n) is 13.7. The van der Waals surface area contributed by atoms with Crippen molar-refractivity contribution in [3.8, 4) is 5.75 Å². The number of hydrogen-bond donors (Lipinski definition) is 5. The molecule has 25 heavy (non-hydrogen) atoms. The molecule has 0 saturated carbocycles. The molecule has 3 rings (SSSR count). The molecule has 0 aromatic heterocycles. The van der Waals surface area contributed by atoms with Gasteiger partial charge in [0.25, 0.3) is 0 Å². The lowest BCUT2D eigenvalue weighted by atomic mass is 10.2. The van der Waals surface area contributed by atoms with Gasteiger partial charge in [0.15, 0.2) is 0 Å². The Morgan fingerprint density at radius 2 is 1.76 bits per heavy atom. The summed E-state index contributed by atoms with van der Waals surface area (Å²) in [4.78, 5) is 12.5. The largest absolute Gasteiger partial charge is 0.494 e. The van der Waals surface area contributed by atoms with Crippen LogP contribution in [0.4, 0.5) is 11.4 Å². The van der Waals surface area contributed by atoms with Gasteiger partial charge in [0, 0.05) is 16.4 Å². The lowest BCUT2D eigenvalue weighted by molar-refractivity contribution is -0.118. The van der Waals surface area contributed by atoms with E-state index in [1.165, 1.54) is 0 Å². The van der Waals surface area contributed by atoms with Crippen LogP contribution in [0.25, 0.3) is 0 Å². The van der Waals surface area contributed by atoms with Crippen LogP contribution in [0.3, 0.4) is 0 Å². The first-order valence-corrected chi connectivity index (χ1v) is 8.35. The van der Waals surface area contributed by atoms with Crippen molar-refractivity contribution in [2.75, 3.05) is 17.2 Å². The van der Waals surface area contributed by atoms with E-state index in [9.17, 15) is 4.79 Å². The predicted octanol–water partition coefficient (Wildman–Crippen LogP) is 2.10. The summed E-state index contributed by atoms with van der Waals surface area (Å²) in [6, 6.07) is 14.0. The monoisotopic (exact) mass is 361 g/mol. The van der Waals surface area contributed by atoms with Gasteiger partial charge in [-0.15, -0.1) is 0 Å². The third-order valence-electron chi connectivity index (χ3n) is 3.67. The standard InChI is InChI=1S/C17H20ClN5O2/c1-2-25-14-9-7-13(8-10-14)20-17(24)15-16(22-23-21-15)19-12-5-3-11(18)4-6-12/h3-10,15-16,19,21-23H,2H2,1H3,(H,20,24). The number of carbonyl (C=O) groups excluding carboxylic acids is 1. The van der Waals surface area contributed by atoms with E-state index in [1.807, 2.05) is 31.2 Å². The van der Waals surface area contributed by atoms with Crippen LogP contribution >= 0.6 is 11.6 Å². The van der Waals surface area contributed by atoms with Crippen molar-refractivity contribution in [2.45, 2.75) is 19.1 Å². The first-order chi connectivity index (χ1) is 12.2. The molecule has 1 fully saturated rings. The fraction of sp³-hybridized carbons (Fsp3) is 0.235. The van der Waals surface area contributed by atoms with Crippen molar-refractivity contribution in [1.29, 1.82) is 0 Å². The molecule has 0 aliphatic carbocycles. The fourth-order valence-electron chi connectivity index (χ4n) is 2.45. The summed E-state index contributed by atoms with van der Waals surface area (Å²) in [6.07, 6.45) is -0.330. The molecule has 1 aliphatic rings. The zero-order valence-corrected chi connectivity index (χ0v) is 14.4. The van der Waals surface area contributed by atoms with Gasteiger partial charge in [0.2, 0.25) is 5.91 Å². The molecule has 132 valence electrons. The maximum Gasteiger partial charge on any atom is 0.246 e. The number of hydrazine groups is 2. The van der Waals surface area contributed by atoms with Crippen LogP contribution in [0.15, 0.2) is 48.5 Å². The van der Waals surface area contributed by atoms with E-state index < -0.39 is 6.04 Å². The average Bonchev–Trinajstić information content (AvgIpc) is 3.07. The zero-order chi connectivity index (χ0) is 17.6. The summed E-state index contributed by atoms with van der Waals surface area (Å²) >= 11 is 5.89. The molecular weight excluding hydrogens is 342 g/mol. The quantitative estimate of drug-likeness (QED) is 0.541. The van der Waals surface area contributed by atoms with Crippen molar-refractivity contribution in [1.82, 2.24) is 16.4 Å². The number of carbonyl (C=O) groups is 1. The van der Waals surface area contributed by atoms with E-state index in [4.69, 9.17) is 16.3 Å². The Morgan fingerprint density at radius 1 is 1.08 bits per heavy atom. The summed E-state index contributed by atoms with van der Waals surface area (Å²) in [5, 5.41) is 6.77. The number of benzene rings is 2. The lowest BCUT2D eigenvalue weighted by Crippen LogP contribution is -2.47. The Bertz CT molecular complexity index is 708. The van der Waals surface area contributed by atoms with Gasteiger partial charge in [-0.1, -0.05) is 11.6 Å². The van der Waals surface area contributed by atoms with E-state index in [1.54, 1.807) is 24.3 Å². The Labute approximate surface area is 151 Å². The summed E-state index contributed by atoms with van der Waals surface area (Å²) in [5.74, 6) is 0.596. The minimum atomic E-state index is -0.512. The number of anilines is 2. The molecule has 7 nitrogen and oxygen atoms in total.